The molecule has 0 saturated carbocycles. The summed E-state index contributed by atoms with van der Waals surface area (Å²) in [5, 5.41) is 0. The fourth-order valence-electron chi connectivity index (χ4n) is 1.22. The van der Waals surface area contributed by atoms with Gasteiger partial charge < -0.3 is 9.21 Å². The minimum atomic E-state index is 0.135. The molecule has 0 aromatic rings. The van der Waals surface area contributed by atoms with Crippen LogP contribution in [0.3, 0.4) is 0 Å². The molecule has 0 unspecified atom stereocenters. The molecular formula is C8H14N2OS. The molecule has 1 fully saturated rings. The number of thiol groups is 1. The van der Waals surface area contributed by atoms with Gasteiger partial charge in [-0.1, -0.05) is 18.9 Å². The van der Waals surface area contributed by atoms with E-state index in [0.29, 0.717) is 6.54 Å². The monoisotopic (exact) mass is 186 g/mol. The van der Waals surface area contributed by atoms with E-state index in [1.165, 1.54) is 0 Å². The fourth-order valence-corrected chi connectivity index (χ4v) is 1.49. The number of hydrogen-bond acceptors (Lipinski definition) is 3. The highest BCUT2D eigenvalue weighted by Crippen LogP contribution is 2.14. The Morgan fingerprint density at radius 1 is 1.58 bits per heavy atom. The number of carbonyl (C=O) groups is 1. The summed E-state index contributed by atoms with van der Waals surface area (Å²) >= 11 is 4.27. The van der Waals surface area contributed by atoms with Gasteiger partial charge in [0.15, 0.2) is 0 Å². The van der Waals surface area contributed by atoms with Crippen LogP contribution in [0.2, 0.25) is 0 Å². The zero-order valence-electron chi connectivity index (χ0n) is 7.45. The van der Waals surface area contributed by atoms with Crippen LogP contribution in [0.1, 0.15) is 13.8 Å². The highest BCUT2D eigenvalue weighted by Gasteiger charge is 2.19. The van der Waals surface area contributed by atoms with E-state index in [4.69, 9.17) is 0 Å². The van der Waals surface area contributed by atoms with Gasteiger partial charge in [-0.3, -0.25) is 4.79 Å². The van der Waals surface area contributed by atoms with Gasteiger partial charge in [-0.25, -0.2) is 0 Å². The van der Waals surface area contributed by atoms with Crippen LogP contribution in [0.25, 0.3) is 0 Å². The van der Waals surface area contributed by atoms with Gasteiger partial charge in [0.25, 0.3) is 0 Å². The van der Waals surface area contributed by atoms with Crippen molar-refractivity contribution in [1.82, 2.24) is 9.21 Å². The molecule has 0 aromatic carbocycles. The van der Waals surface area contributed by atoms with Gasteiger partial charge in [-0.2, -0.15) is 0 Å². The first kappa shape index (κ1) is 9.45. The van der Waals surface area contributed by atoms with Crippen molar-refractivity contribution in [2.75, 3.05) is 19.6 Å². The van der Waals surface area contributed by atoms with Gasteiger partial charge >= 0.3 is 0 Å². The summed E-state index contributed by atoms with van der Waals surface area (Å²) in [6.45, 7) is 5.83. The average Bonchev–Trinajstić information content (AvgIpc) is 2.05. The van der Waals surface area contributed by atoms with Gasteiger partial charge in [0.05, 0.1) is 6.54 Å². The number of nitrogens with zero attached hydrogens (tertiary/aromatic N) is 2. The van der Waals surface area contributed by atoms with E-state index in [1.54, 1.807) is 6.92 Å². The lowest BCUT2D eigenvalue weighted by molar-refractivity contribution is -0.129. The third-order valence-corrected chi connectivity index (χ3v) is 2.50. The van der Waals surface area contributed by atoms with Crippen LogP contribution >= 0.6 is 12.8 Å². The van der Waals surface area contributed by atoms with Gasteiger partial charge in [0, 0.05) is 25.7 Å². The fraction of sp³-hybridized carbons (Fsp3) is 0.625. The van der Waals surface area contributed by atoms with E-state index in [2.05, 4.69) is 12.8 Å². The largest absolute Gasteiger partial charge is 0.335 e. The molecule has 0 bridgehead atoms. The number of amides is 1. The number of hydrogen-bond donors (Lipinski definition) is 1. The van der Waals surface area contributed by atoms with Crippen LogP contribution in [0.5, 0.6) is 0 Å². The van der Waals surface area contributed by atoms with Crippen molar-refractivity contribution >= 4 is 18.7 Å². The second-order valence-electron chi connectivity index (χ2n) is 2.84. The molecule has 0 spiro atoms. The Morgan fingerprint density at radius 2 is 2.25 bits per heavy atom. The molecule has 1 aliphatic heterocycles. The molecule has 0 atom stereocenters. The van der Waals surface area contributed by atoms with Gasteiger partial charge in [-0.15, -0.1) is 0 Å². The summed E-state index contributed by atoms with van der Waals surface area (Å²) < 4.78 is 1.89. The van der Waals surface area contributed by atoms with E-state index < -0.39 is 0 Å². The average molecular weight is 186 g/mol. The van der Waals surface area contributed by atoms with Crippen molar-refractivity contribution in [2.24, 2.45) is 0 Å². The first-order valence-electron chi connectivity index (χ1n) is 4.02. The second kappa shape index (κ2) is 3.85. The van der Waals surface area contributed by atoms with Gasteiger partial charge in [0.2, 0.25) is 5.91 Å². The van der Waals surface area contributed by atoms with Crippen LogP contribution in [-0.4, -0.2) is 34.7 Å². The van der Waals surface area contributed by atoms with Gasteiger partial charge in [0.1, 0.15) is 0 Å². The van der Waals surface area contributed by atoms with Crippen molar-refractivity contribution in [1.29, 1.82) is 0 Å². The Morgan fingerprint density at radius 3 is 2.75 bits per heavy atom. The molecule has 68 valence electrons. The van der Waals surface area contributed by atoms with Crippen molar-refractivity contribution in [2.45, 2.75) is 13.8 Å². The van der Waals surface area contributed by atoms with Crippen LogP contribution in [0.4, 0.5) is 0 Å². The molecular weight excluding hydrogens is 172 g/mol. The number of allylic oxidation sites excluding steroid dienone is 1. The summed E-state index contributed by atoms with van der Waals surface area (Å²) in [5.41, 5.74) is 1.10. The van der Waals surface area contributed by atoms with Crippen LogP contribution in [0.15, 0.2) is 11.8 Å². The summed E-state index contributed by atoms with van der Waals surface area (Å²) in [4.78, 5) is 12.8. The summed E-state index contributed by atoms with van der Waals surface area (Å²) in [7, 11) is 0. The topological polar surface area (TPSA) is 23.6 Å². The van der Waals surface area contributed by atoms with Crippen molar-refractivity contribution in [3.05, 3.63) is 11.8 Å². The first-order valence-corrected chi connectivity index (χ1v) is 4.42. The lowest BCUT2D eigenvalue weighted by Crippen LogP contribution is -2.43. The standard InChI is InChI=1S/C8H14N2OS/c1-3-8-6-9(7(2)11)4-5-10(8)12/h3,12H,4-6H2,1-2H3. The van der Waals surface area contributed by atoms with Crippen molar-refractivity contribution in [3.8, 4) is 0 Å². The molecule has 1 saturated heterocycles. The summed E-state index contributed by atoms with van der Waals surface area (Å²) in [6.07, 6.45) is 1.99. The molecule has 1 rings (SSSR count). The summed E-state index contributed by atoms with van der Waals surface area (Å²) in [6, 6.07) is 0. The number of rotatable bonds is 0. The molecule has 0 aliphatic carbocycles. The molecule has 0 radical (unpaired) electrons. The number of piperazine rings is 1. The third-order valence-electron chi connectivity index (χ3n) is 2.04. The Labute approximate surface area is 78.6 Å². The van der Waals surface area contributed by atoms with Crippen molar-refractivity contribution < 1.29 is 4.79 Å². The highest BCUT2D eigenvalue weighted by atomic mass is 32.1. The van der Waals surface area contributed by atoms with Crippen LogP contribution in [-0.2, 0) is 4.79 Å². The molecule has 0 aromatic heterocycles. The quantitative estimate of drug-likeness (QED) is 0.568. The van der Waals surface area contributed by atoms with Crippen LogP contribution < -0.4 is 0 Å². The molecule has 1 heterocycles. The normalized spacial score (nSPS) is 21.8. The van der Waals surface area contributed by atoms with E-state index in [0.717, 1.165) is 18.8 Å². The van der Waals surface area contributed by atoms with Gasteiger partial charge in [-0.05, 0) is 6.92 Å². The SMILES string of the molecule is CC=C1CN(C(C)=O)CCN1S. The maximum absolute atomic E-state index is 11.0. The maximum Gasteiger partial charge on any atom is 0.219 e. The molecule has 1 aliphatic rings. The van der Waals surface area contributed by atoms with Crippen LogP contribution in [0, 0.1) is 0 Å². The Kier molecular flexibility index (Phi) is 3.03. The molecule has 4 heteroatoms. The smallest absolute Gasteiger partial charge is 0.219 e. The minimum absolute atomic E-state index is 0.135. The Hall–Kier alpha value is -0.640. The molecule has 3 nitrogen and oxygen atoms in total. The lowest BCUT2D eigenvalue weighted by Gasteiger charge is -2.34. The predicted octanol–water partition coefficient (Wildman–Crippen LogP) is 0.899. The van der Waals surface area contributed by atoms with E-state index in [-0.39, 0.29) is 5.91 Å². The minimum Gasteiger partial charge on any atom is -0.335 e. The molecule has 0 N–H and O–H groups in total. The predicted molar refractivity (Wildman–Crippen MR) is 51.7 cm³/mol. The lowest BCUT2D eigenvalue weighted by atomic mass is 10.3. The maximum atomic E-state index is 11.0. The Bertz CT molecular complexity index is 215. The third kappa shape index (κ3) is 1.94. The summed E-state index contributed by atoms with van der Waals surface area (Å²) in [5.74, 6) is 0.135. The van der Waals surface area contributed by atoms with Crippen molar-refractivity contribution in [3.63, 3.8) is 0 Å². The first-order chi connectivity index (χ1) is 5.65. The zero-order valence-corrected chi connectivity index (χ0v) is 8.34. The van der Waals surface area contributed by atoms with E-state index >= 15 is 0 Å². The number of carbonyl (C=O) groups excluding carboxylic acids is 1. The Balaban J connectivity index is 2.62. The van der Waals surface area contributed by atoms with E-state index in [1.807, 2.05) is 22.2 Å². The molecule has 12 heavy (non-hydrogen) atoms. The van der Waals surface area contributed by atoms with E-state index in [9.17, 15) is 4.79 Å². The zero-order chi connectivity index (χ0) is 9.14. The second-order valence-corrected chi connectivity index (χ2v) is 3.33. The molecule has 1 amide bonds. The highest BCUT2D eigenvalue weighted by molar-refractivity contribution is 7.77.